The van der Waals surface area contributed by atoms with Gasteiger partial charge in [-0.05, 0) is 0 Å². The number of hydrogen-bond donors (Lipinski definition) is 1. The summed E-state index contributed by atoms with van der Waals surface area (Å²) in [5.41, 5.74) is 5.68. The number of aliphatic imine (C=N–C) groups is 1. The maximum atomic E-state index is 5.68. The van der Waals surface area contributed by atoms with Crippen LogP contribution in [0.2, 0.25) is 0 Å². The first-order chi connectivity index (χ1) is 6.11. The molecule has 1 heterocycles. The number of nitrogens with two attached hydrogens (primary N) is 1. The van der Waals surface area contributed by atoms with Crippen molar-refractivity contribution in [3.05, 3.63) is 12.2 Å². The van der Waals surface area contributed by atoms with E-state index >= 15 is 0 Å². The highest BCUT2D eigenvalue weighted by molar-refractivity contribution is 5.82. The van der Waals surface area contributed by atoms with Gasteiger partial charge in [-0.2, -0.15) is 0 Å². The van der Waals surface area contributed by atoms with Crippen LogP contribution in [0.4, 0.5) is 0 Å². The first-order valence-electron chi connectivity index (χ1n) is 4.24. The summed E-state index contributed by atoms with van der Waals surface area (Å²) in [5, 5.41) is 7.64. The van der Waals surface area contributed by atoms with Gasteiger partial charge in [0.2, 0.25) is 0 Å². The average molecular weight is 181 g/mol. The number of nitrogens with zero attached hydrogens (tertiary/aromatic N) is 4. The molecule has 0 aliphatic heterocycles. The van der Waals surface area contributed by atoms with Crippen molar-refractivity contribution in [3.8, 4) is 0 Å². The van der Waals surface area contributed by atoms with Crippen molar-refractivity contribution < 1.29 is 0 Å². The van der Waals surface area contributed by atoms with E-state index in [1.807, 2.05) is 25.5 Å². The summed E-state index contributed by atoms with van der Waals surface area (Å²) in [6.07, 6.45) is 1.65. The fourth-order valence-corrected chi connectivity index (χ4v) is 0.795. The normalized spacial score (nSPS) is 12.5. The van der Waals surface area contributed by atoms with Gasteiger partial charge in [0.25, 0.3) is 0 Å². The van der Waals surface area contributed by atoms with Crippen LogP contribution in [0.15, 0.2) is 11.3 Å². The van der Waals surface area contributed by atoms with Crippen molar-refractivity contribution in [2.24, 2.45) is 23.7 Å². The molecule has 1 aromatic rings. The van der Waals surface area contributed by atoms with Gasteiger partial charge in [0.15, 0.2) is 5.82 Å². The molecule has 2 N–H and O–H groups in total. The van der Waals surface area contributed by atoms with E-state index in [0.717, 1.165) is 5.82 Å². The Labute approximate surface area is 77.7 Å². The second-order valence-electron chi connectivity index (χ2n) is 3.25. The van der Waals surface area contributed by atoms with Gasteiger partial charge in [-0.15, -0.1) is 10.2 Å². The summed E-state index contributed by atoms with van der Waals surface area (Å²) >= 11 is 0. The fourth-order valence-electron chi connectivity index (χ4n) is 0.795. The number of rotatable bonds is 3. The predicted molar refractivity (Wildman–Crippen MR) is 51.2 cm³/mol. The maximum absolute atomic E-state index is 5.68. The first-order valence-corrected chi connectivity index (χ1v) is 4.24. The summed E-state index contributed by atoms with van der Waals surface area (Å²) in [7, 11) is 1.89. The lowest BCUT2D eigenvalue weighted by Gasteiger charge is -2.03. The van der Waals surface area contributed by atoms with Gasteiger partial charge in [-0.1, -0.05) is 13.8 Å². The van der Waals surface area contributed by atoms with Gasteiger partial charge >= 0.3 is 0 Å². The second-order valence-corrected chi connectivity index (χ2v) is 3.25. The molecule has 0 spiro atoms. The zero-order valence-electron chi connectivity index (χ0n) is 8.23. The zero-order valence-corrected chi connectivity index (χ0v) is 8.23. The van der Waals surface area contributed by atoms with Crippen molar-refractivity contribution in [1.82, 2.24) is 14.8 Å². The van der Waals surface area contributed by atoms with Crippen LogP contribution in [-0.2, 0) is 13.6 Å². The molecular weight excluding hydrogens is 166 g/mol. The molecule has 5 heteroatoms. The highest BCUT2D eigenvalue weighted by Crippen LogP contribution is 1.97. The molecule has 72 valence electrons. The Morgan fingerprint density at radius 2 is 2.38 bits per heavy atom. The molecule has 0 aliphatic carbocycles. The van der Waals surface area contributed by atoms with Crippen LogP contribution in [0.3, 0.4) is 0 Å². The van der Waals surface area contributed by atoms with Crippen LogP contribution in [-0.4, -0.2) is 20.6 Å². The zero-order chi connectivity index (χ0) is 9.84. The number of aromatic nitrogens is 3. The molecule has 0 aromatic carbocycles. The SMILES string of the molecule is CC(C)C(N)=NCc1nncn1C. The molecule has 0 saturated heterocycles. The molecule has 0 atom stereocenters. The topological polar surface area (TPSA) is 69.1 Å². The largest absolute Gasteiger partial charge is 0.387 e. The van der Waals surface area contributed by atoms with Crippen molar-refractivity contribution in [3.63, 3.8) is 0 Å². The van der Waals surface area contributed by atoms with Gasteiger partial charge in [0.1, 0.15) is 12.9 Å². The Hall–Kier alpha value is -1.39. The Kier molecular flexibility index (Phi) is 3.00. The Bertz CT molecular complexity index is 299. The number of amidine groups is 1. The monoisotopic (exact) mass is 181 g/mol. The van der Waals surface area contributed by atoms with E-state index in [0.29, 0.717) is 12.4 Å². The Morgan fingerprint density at radius 1 is 1.69 bits per heavy atom. The smallest absolute Gasteiger partial charge is 0.154 e. The molecular formula is C8H15N5. The minimum Gasteiger partial charge on any atom is -0.387 e. The third-order valence-corrected chi connectivity index (χ3v) is 1.80. The molecule has 5 nitrogen and oxygen atoms in total. The van der Waals surface area contributed by atoms with E-state index in [1.165, 1.54) is 0 Å². The second kappa shape index (κ2) is 4.02. The standard InChI is InChI=1S/C8H15N5/c1-6(2)8(9)10-4-7-12-11-5-13(7)3/h5-6H,4H2,1-3H3,(H2,9,10). The quantitative estimate of drug-likeness (QED) is 0.539. The summed E-state index contributed by atoms with van der Waals surface area (Å²) in [6, 6.07) is 0. The van der Waals surface area contributed by atoms with Crippen LogP contribution in [0.1, 0.15) is 19.7 Å². The van der Waals surface area contributed by atoms with E-state index in [-0.39, 0.29) is 5.92 Å². The summed E-state index contributed by atoms with van der Waals surface area (Å²) in [4.78, 5) is 4.20. The Morgan fingerprint density at radius 3 is 2.85 bits per heavy atom. The summed E-state index contributed by atoms with van der Waals surface area (Å²) in [5.74, 6) is 1.76. The molecule has 0 bridgehead atoms. The lowest BCUT2D eigenvalue weighted by atomic mass is 10.2. The number of aryl methyl sites for hydroxylation is 1. The van der Waals surface area contributed by atoms with Crippen molar-refractivity contribution in [1.29, 1.82) is 0 Å². The average Bonchev–Trinajstić information content (AvgIpc) is 2.47. The summed E-state index contributed by atoms with van der Waals surface area (Å²) < 4.78 is 1.83. The van der Waals surface area contributed by atoms with Crippen molar-refractivity contribution >= 4 is 5.84 Å². The minimum atomic E-state index is 0.285. The van der Waals surface area contributed by atoms with E-state index in [4.69, 9.17) is 5.73 Å². The molecule has 0 fully saturated rings. The fraction of sp³-hybridized carbons (Fsp3) is 0.625. The van der Waals surface area contributed by atoms with Crippen molar-refractivity contribution in [2.75, 3.05) is 0 Å². The number of hydrogen-bond acceptors (Lipinski definition) is 3. The lowest BCUT2D eigenvalue weighted by molar-refractivity contribution is 0.779. The predicted octanol–water partition coefficient (Wildman–Crippen LogP) is 0.328. The van der Waals surface area contributed by atoms with Crippen LogP contribution < -0.4 is 5.73 Å². The molecule has 1 aromatic heterocycles. The third-order valence-electron chi connectivity index (χ3n) is 1.80. The van der Waals surface area contributed by atoms with Crippen molar-refractivity contribution in [2.45, 2.75) is 20.4 Å². The minimum absolute atomic E-state index is 0.285. The highest BCUT2D eigenvalue weighted by atomic mass is 15.3. The lowest BCUT2D eigenvalue weighted by Crippen LogP contribution is -2.19. The summed E-state index contributed by atoms with van der Waals surface area (Å²) in [6.45, 7) is 4.52. The third kappa shape index (κ3) is 2.54. The maximum Gasteiger partial charge on any atom is 0.154 e. The van der Waals surface area contributed by atoms with E-state index < -0.39 is 0 Å². The molecule has 0 unspecified atom stereocenters. The van der Waals surface area contributed by atoms with Gasteiger partial charge < -0.3 is 10.3 Å². The Balaban J connectivity index is 2.61. The van der Waals surface area contributed by atoms with Gasteiger partial charge in [-0.3, -0.25) is 4.99 Å². The van der Waals surface area contributed by atoms with Crippen LogP contribution in [0.25, 0.3) is 0 Å². The molecule has 0 radical (unpaired) electrons. The molecule has 1 rings (SSSR count). The molecule has 0 amide bonds. The van der Waals surface area contributed by atoms with Crippen LogP contribution in [0, 0.1) is 5.92 Å². The van der Waals surface area contributed by atoms with Crippen LogP contribution >= 0.6 is 0 Å². The molecule has 0 aliphatic rings. The van der Waals surface area contributed by atoms with E-state index in [1.54, 1.807) is 6.33 Å². The van der Waals surface area contributed by atoms with Crippen LogP contribution in [0.5, 0.6) is 0 Å². The molecule has 0 saturated carbocycles. The van der Waals surface area contributed by atoms with E-state index in [9.17, 15) is 0 Å². The first kappa shape index (κ1) is 9.70. The van der Waals surface area contributed by atoms with Gasteiger partial charge in [-0.25, -0.2) is 0 Å². The highest BCUT2D eigenvalue weighted by Gasteiger charge is 2.01. The van der Waals surface area contributed by atoms with E-state index in [2.05, 4.69) is 15.2 Å². The van der Waals surface area contributed by atoms with Gasteiger partial charge in [0.05, 0.1) is 5.84 Å². The van der Waals surface area contributed by atoms with Gasteiger partial charge in [0, 0.05) is 13.0 Å². The molecule has 13 heavy (non-hydrogen) atoms.